The highest BCUT2D eigenvalue weighted by Crippen LogP contribution is 2.32. The lowest BCUT2D eigenvalue weighted by molar-refractivity contribution is -0.128. The van der Waals surface area contributed by atoms with Gasteiger partial charge in [-0.15, -0.1) is 0 Å². The summed E-state index contributed by atoms with van der Waals surface area (Å²) in [7, 11) is 0. The molecule has 0 spiro atoms. The minimum atomic E-state index is -0.776. The van der Waals surface area contributed by atoms with Gasteiger partial charge in [-0.25, -0.2) is 4.39 Å². The van der Waals surface area contributed by atoms with Crippen molar-refractivity contribution in [2.75, 3.05) is 13.1 Å². The van der Waals surface area contributed by atoms with Crippen LogP contribution in [0.1, 0.15) is 12.5 Å². The van der Waals surface area contributed by atoms with Gasteiger partial charge in [0.1, 0.15) is 11.6 Å². The van der Waals surface area contributed by atoms with Gasteiger partial charge >= 0.3 is 0 Å². The first-order valence-electron chi connectivity index (χ1n) is 9.05. The first-order valence-corrected chi connectivity index (χ1v) is 10.2. The number of rotatable bonds is 7. The quantitative estimate of drug-likeness (QED) is 0.645. The van der Waals surface area contributed by atoms with E-state index in [0.29, 0.717) is 10.8 Å². The molecular formula is C21H18ClFN2O4S. The van der Waals surface area contributed by atoms with Crippen molar-refractivity contribution >= 4 is 46.5 Å². The SMILES string of the molecule is CC(Oc1ccc(Cl)cc1)C(=O)NCCN1C(=O)S/C(=C\c2ccccc2F)C1=O. The van der Waals surface area contributed by atoms with Crippen LogP contribution in [0.15, 0.2) is 53.4 Å². The van der Waals surface area contributed by atoms with Crippen molar-refractivity contribution in [2.24, 2.45) is 0 Å². The standard InChI is InChI=1S/C21H18ClFN2O4S/c1-13(29-16-8-6-15(22)7-9-16)19(26)24-10-11-25-20(27)18(30-21(25)28)12-14-4-2-3-5-17(14)23/h2-9,12-13H,10-11H2,1H3,(H,24,26)/b18-12-. The molecule has 1 aliphatic heterocycles. The molecule has 1 unspecified atom stereocenters. The van der Waals surface area contributed by atoms with Crippen LogP contribution in [0.5, 0.6) is 5.75 Å². The van der Waals surface area contributed by atoms with Crippen molar-refractivity contribution in [3.05, 3.63) is 69.8 Å². The second-order valence-electron chi connectivity index (χ2n) is 6.36. The molecule has 6 nitrogen and oxygen atoms in total. The lowest BCUT2D eigenvalue weighted by Crippen LogP contribution is -2.41. The Kier molecular flexibility index (Phi) is 7.12. The number of benzene rings is 2. The summed E-state index contributed by atoms with van der Waals surface area (Å²) < 4.78 is 19.3. The number of thioether (sulfide) groups is 1. The van der Waals surface area contributed by atoms with E-state index in [-0.39, 0.29) is 29.5 Å². The Hall–Kier alpha value is -2.84. The maximum absolute atomic E-state index is 13.8. The molecule has 0 aromatic heterocycles. The Balaban J connectivity index is 1.52. The van der Waals surface area contributed by atoms with E-state index in [4.69, 9.17) is 16.3 Å². The lowest BCUT2D eigenvalue weighted by atomic mass is 10.2. The average molecular weight is 449 g/mol. The molecule has 1 fully saturated rings. The van der Waals surface area contributed by atoms with Crippen LogP contribution >= 0.6 is 23.4 Å². The highest BCUT2D eigenvalue weighted by atomic mass is 35.5. The van der Waals surface area contributed by atoms with E-state index >= 15 is 0 Å². The Morgan fingerprint density at radius 2 is 1.93 bits per heavy atom. The minimum absolute atomic E-state index is 0.00131. The van der Waals surface area contributed by atoms with Crippen molar-refractivity contribution in [1.29, 1.82) is 0 Å². The van der Waals surface area contributed by atoms with Crippen LogP contribution in [-0.2, 0) is 9.59 Å². The molecule has 9 heteroatoms. The Morgan fingerprint density at radius 1 is 1.23 bits per heavy atom. The van der Waals surface area contributed by atoms with Gasteiger partial charge in [0.15, 0.2) is 6.10 Å². The monoisotopic (exact) mass is 448 g/mol. The number of ether oxygens (including phenoxy) is 1. The second-order valence-corrected chi connectivity index (χ2v) is 7.79. The molecule has 0 saturated carbocycles. The van der Waals surface area contributed by atoms with Crippen LogP contribution in [0.25, 0.3) is 6.08 Å². The van der Waals surface area contributed by atoms with Gasteiger partial charge in [0.25, 0.3) is 17.1 Å². The molecule has 1 N–H and O–H groups in total. The number of hydrogen-bond donors (Lipinski definition) is 1. The van der Waals surface area contributed by atoms with Crippen LogP contribution in [0.2, 0.25) is 5.02 Å². The molecule has 2 aromatic carbocycles. The summed E-state index contributed by atoms with van der Waals surface area (Å²) in [6.07, 6.45) is 0.572. The number of imide groups is 1. The predicted octanol–water partition coefficient (Wildman–Crippen LogP) is 4.10. The lowest BCUT2D eigenvalue weighted by Gasteiger charge is -2.16. The molecule has 1 aliphatic rings. The molecule has 0 radical (unpaired) electrons. The third-order valence-corrected chi connectivity index (χ3v) is 5.36. The van der Waals surface area contributed by atoms with E-state index < -0.39 is 23.1 Å². The van der Waals surface area contributed by atoms with Crippen molar-refractivity contribution in [1.82, 2.24) is 10.2 Å². The normalized spacial score (nSPS) is 16.1. The highest BCUT2D eigenvalue weighted by Gasteiger charge is 2.34. The molecule has 3 rings (SSSR count). The van der Waals surface area contributed by atoms with Crippen LogP contribution in [0.4, 0.5) is 9.18 Å². The van der Waals surface area contributed by atoms with E-state index in [1.54, 1.807) is 43.3 Å². The van der Waals surface area contributed by atoms with Crippen molar-refractivity contribution in [3.8, 4) is 5.75 Å². The van der Waals surface area contributed by atoms with E-state index in [1.807, 2.05) is 0 Å². The summed E-state index contributed by atoms with van der Waals surface area (Å²) in [5, 5.41) is 2.72. The predicted molar refractivity (Wildman–Crippen MR) is 114 cm³/mol. The number of nitrogens with one attached hydrogen (secondary N) is 1. The fourth-order valence-electron chi connectivity index (χ4n) is 2.63. The van der Waals surface area contributed by atoms with Gasteiger partial charge in [-0.3, -0.25) is 19.3 Å². The first kappa shape index (κ1) is 21.9. The van der Waals surface area contributed by atoms with Gasteiger partial charge in [0.05, 0.1) is 4.91 Å². The molecule has 1 atom stereocenters. The van der Waals surface area contributed by atoms with Crippen molar-refractivity contribution in [3.63, 3.8) is 0 Å². The zero-order valence-electron chi connectivity index (χ0n) is 15.9. The number of amides is 3. The number of hydrogen-bond acceptors (Lipinski definition) is 5. The van der Waals surface area contributed by atoms with Gasteiger partial charge in [0, 0.05) is 23.7 Å². The smallest absolute Gasteiger partial charge is 0.293 e. The molecule has 156 valence electrons. The largest absolute Gasteiger partial charge is 0.481 e. The zero-order valence-corrected chi connectivity index (χ0v) is 17.5. The van der Waals surface area contributed by atoms with Crippen LogP contribution in [-0.4, -0.2) is 41.1 Å². The fraction of sp³-hybridized carbons (Fsp3) is 0.190. The first-order chi connectivity index (χ1) is 14.3. The number of halogens is 2. The molecule has 0 bridgehead atoms. The fourth-order valence-corrected chi connectivity index (χ4v) is 3.61. The molecule has 1 saturated heterocycles. The summed E-state index contributed by atoms with van der Waals surface area (Å²) >= 11 is 6.55. The van der Waals surface area contributed by atoms with E-state index in [0.717, 1.165) is 16.7 Å². The van der Waals surface area contributed by atoms with E-state index in [9.17, 15) is 18.8 Å². The number of nitrogens with zero attached hydrogens (tertiary/aromatic N) is 1. The average Bonchev–Trinajstić information content (AvgIpc) is 2.98. The van der Waals surface area contributed by atoms with Gasteiger partial charge in [0.2, 0.25) is 0 Å². The molecule has 30 heavy (non-hydrogen) atoms. The number of carbonyl (C=O) groups excluding carboxylic acids is 3. The summed E-state index contributed by atoms with van der Waals surface area (Å²) in [5.41, 5.74) is 0.226. The van der Waals surface area contributed by atoms with Gasteiger partial charge in [-0.2, -0.15) is 0 Å². The van der Waals surface area contributed by atoms with Crippen LogP contribution in [0, 0.1) is 5.82 Å². The van der Waals surface area contributed by atoms with Crippen LogP contribution in [0.3, 0.4) is 0 Å². The Bertz CT molecular complexity index is 997. The van der Waals surface area contributed by atoms with E-state index in [1.165, 1.54) is 18.2 Å². The van der Waals surface area contributed by atoms with Gasteiger partial charge in [-0.1, -0.05) is 29.8 Å². The molecule has 2 aromatic rings. The third-order valence-electron chi connectivity index (χ3n) is 4.20. The summed E-state index contributed by atoms with van der Waals surface area (Å²) in [4.78, 5) is 37.9. The maximum atomic E-state index is 13.8. The molecular weight excluding hydrogens is 431 g/mol. The van der Waals surface area contributed by atoms with Gasteiger partial charge in [-0.05, 0) is 55.1 Å². The molecule has 0 aliphatic carbocycles. The Morgan fingerprint density at radius 3 is 2.63 bits per heavy atom. The molecule has 3 amide bonds. The number of carbonyl (C=O) groups is 3. The van der Waals surface area contributed by atoms with E-state index in [2.05, 4.69) is 5.32 Å². The molecule has 1 heterocycles. The van der Waals surface area contributed by atoms with Gasteiger partial charge < -0.3 is 10.1 Å². The third kappa shape index (κ3) is 5.40. The highest BCUT2D eigenvalue weighted by molar-refractivity contribution is 8.18. The Labute approximate surface area is 182 Å². The van der Waals surface area contributed by atoms with Crippen LogP contribution < -0.4 is 10.1 Å². The summed E-state index contributed by atoms with van der Waals surface area (Å²) in [5.74, 6) is -0.899. The topological polar surface area (TPSA) is 75.7 Å². The van der Waals surface area contributed by atoms with Crippen molar-refractivity contribution in [2.45, 2.75) is 13.0 Å². The maximum Gasteiger partial charge on any atom is 0.293 e. The summed E-state index contributed by atoms with van der Waals surface area (Å²) in [6.45, 7) is 1.65. The van der Waals surface area contributed by atoms with Crippen molar-refractivity contribution < 1.29 is 23.5 Å². The summed E-state index contributed by atoms with van der Waals surface area (Å²) in [6, 6.07) is 12.6. The zero-order chi connectivity index (χ0) is 21.7. The second kappa shape index (κ2) is 9.77. The minimum Gasteiger partial charge on any atom is -0.481 e.